The summed E-state index contributed by atoms with van der Waals surface area (Å²) in [4.78, 5) is 10.8. The Morgan fingerprint density at radius 2 is 1.92 bits per heavy atom. The van der Waals surface area contributed by atoms with E-state index in [0.29, 0.717) is 0 Å². The van der Waals surface area contributed by atoms with Gasteiger partial charge in [-0.15, -0.1) is 0 Å². The summed E-state index contributed by atoms with van der Waals surface area (Å²) in [5.41, 5.74) is -1.23. The van der Waals surface area contributed by atoms with Crippen molar-refractivity contribution >= 4 is 5.97 Å². The lowest BCUT2D eigenvalue weighted by atomic mass is 10.2. The van der Waals surface area contributed by atoms with Crippen LogP contribution in [0.2, 0.25) is 0 Å². The molecule has 0 unspecified atom stereocenters. The molecule has 0 saturated carbocycles. The van der Waals surface area contributed by atoms with Gasteiger partial charge in [-0.1, -0.05) is 13.0 Å². The summed E-state index contributed by atoms with van der Waals surface area (Å²) in [5, 5.41) is 0. The predicted octanol–water partition coefficient (Wildman–Crippen LogP) is 2.45. The molecule has 0 aliphatic carbocycles. The Labute approximate surface area is 74.4 Å². The summed E-state index contributed by atoms with van der Waals surface area (Å²) in [7, 11) is 0. The van der Waals surface area contributed by atoms with E-state index in [1.165, 1.54) is 13.8 Å². The van der Waals surface area contributed by atoms with E-state index in [2.05, 4.69) is 4.74 Å². The molecule has 0 saturated heterocycles. The molecule has 5 heteroatoms. The lowest BCUT2D eigenvalue weighted by Gasteiger charge is -2.09. The van der Waals surface area contributed by atoms with Crippen LogP contribution in [-0.2, 0) is 9.53 Å². The van der Waals surface area contributed by atoms with Gasteiger partial charge in [0.1, 0.15) is 5.57 Å². The summed E-state index contributed by atoms with van der Waals surface area (Å²) in [6.45, 7) is 2.92. The van der Waals surface area contributed by atoms with Gasteiger partial charge in [0.25, 0.3) is 0 Å². The molecule has 0 atom stereocenters. The van der Waals surface area contributed by atoms with Crippen molar-refractivity contribution in [1.82, 2.24) is 0 Å². The Bertz CT molecular complexity index is 206. The van der Waals surface area contributed by atoms with Crippen molar-refractivity contribution in [3.05, 3.63) is 11.6 Å². The number of carbonyl (C=O) groups is 1. The van der Waals surface area contributed by atoms with Crippen LogP contribution in [0.5, 0.6) is 0 Å². The van der Waals surface area contributed by atoms with E-state index in [1.54, 1.807) is 0 Å². The maximum atomic E-state index is 12.1. The van der Waals surface area contributed by atoms with E-state index < -0.39 is 17.7 Å². The maximum Gasteiger partial charge on any atom is 0.423 e. The van der Waals surface area contributed by atoms with Crippen LogP contribution in [0, 0.1) is 0 Å². The second-order valence-electron chi connectivity index (χ2n) is 2.24. The Morgan fingerprint density at radius 3 is 2.23 bits per heavy atom. The number of hydrogen-bond donors (Lipinski definition) is 0. The molecule has 76 valence electrons. The Morgan fingerprint density at radius 1 is 1.38 bits per heavy atom. The van der Waals surface area contributed by atoms with Gasteiger partial charge < -0.3 is 4.74 Å². The second kappa shape index (κ2) is 4.89. The summed E-state index contributed by atoms with van der Waals surface area (Å²) in [6, 6.07) is 0. The number of halogens is 3. The first-order valence-electron chi connectivity index (χ1n) is 3.88. The smallest absolute Gasteiger partial charge is 0.423 e. The predicted molar refractivity (Wildman–Crippen MR) is 41.1 cm³/mol. The zero-order valence-electron chi connectivity index (χ0n) is 7.44. The highest BCUT2D eigenvalue weighted by Crippen LogP contribution is 2.26. The molecule has 13 heavy (non-hydrogen) atoms. The zero-order chi connectivity index (χ0) is 10.5. The lowest BCUT2D eigenvalue weighted by Crippen LogP contribution is -2.22. The summed E-state index contributed by atoms with van der Waals surface area (Å²) < 4.78 is 40.6. The number of hydrogen-bond acceptors (Lipinski definition) is 2. The quantitative estimate of drug-likeness (QED) is 0.512. The molecule has 0 fully saturated rings. The van der Waals surface area contributed by atoms with Crippen LogP contribution in [0.3, 0.4) is 0 Å². The monoisotopic (exact) mass is 196 g/mol. The molecule has 0 heterocycles. The Balaban J connectivity index is 4.63. The second-order valence-corrected chi connectivity index (χ2v) is 2.24. The molecular formula is C8H11F3O2. The highest BCUT2D eigenvalue weighted by Gasteiger charge is 2.39. The lowest BCUT2D eigenvalue weighted by molar-refractivity contribution is -0.150. The van der Waals surface area contributed by atoms with Crippen molar-refractivity contribution in [2.75, 3.05) is 6.61 Å². The van der Waals surface area contributed by atoms with E-state index in [9.17, 15) is 18.0 Å². The molecular weight excluding hydrogens is 185 g/mol. The zero-order valence-corrected chi connectivity index (χ0v) is 7.44. The van der Waals surface area contributed by atoms with Gasteiger partial charge in [-0.05, 0) is 13.3 Å². The van der Waals surface area contributed by atoms with Crippen LogP contribution in [-0.4, -0.2) is 18.8 Å². The van der Waals surface area contributed by atoms with Crippen LogP contribution < -0.4 is 0 Å². The van der Waals surface area contributed by atoms with E-state index >= 15 is 0 Å². The largest absolute Gasteiger partial charge is 0.462 e. The molecule has 0 spiro atoms. The first-order chi connectivity index (χ1) is 5.93. The van der Waals surface area contributed by atoms with Crippen molar-refractivity contribution in [2.24, 2.45) is 0 Å². The van der Waals surface area contributed by atoms with Crippen molar-refractivity contribution in [3.8, 4) is 0 Å². The minimum atomic E-state index is -4.62. The molecule has 0 bridgehead atoms. The van der Waals surface area contributed by atoms with E-state index in [4.69, 9.17) is 0 Å². The third-order valence-electron chi connectivity index (χ3n) is 1.21. The SMILES string of the molecule is CCC=C(C(=O)OCC)C(F)(F)F. The maximum absolute atomic E-state index is 12.1. The van der Waals surface area contributed by atoms with E-state index in [1.807, 2.05) is 0 Å². The first-order valence-corrected chi connectivity index (χ1v) is 3.88. The van der Waals surface area contributed by atoms with Crippen LogP contribution >= 0.6 is 0 Å². The number of rotatable bonds is 3. The number of allylic oxidation sites excluding steroid dienone is 1. The number of esters is 1. The summed E-state index contributed by atoms with van der Waals surface area (Å²) in [6.07, 6.45) is -3.66. The minimum absolute atomic E-state index is 0.0596. The molecule has 0 aromatic carbocycles. The molecule has 0 aromatic heterocycles. The normalized spacial score (nSPS) is 12.8. The van der Waals surface area contributed by atoms with Gasteiger partial charge in [0.15, 0.2) is 0 Å². The molecule has 0 rings (SSSR count). The van der Waals surface area contributed by atoms with Gasteiger partial charge in [0.05, 0.1) is 6.61 Å². The molecule has 0 N–H and O–H groups in total. The standard InChI is InChI=1S/C8H11F3O2/c1-3-5-6(8(9,10)11)7(12)13-4-2/h5H,3-4H2,1-2H3. The average Bonchev–Trinajstić information content (AvgIpc) is 1.98. The molecule has 0 amide bonds. The van der Waals surface area contributed by atoms with Gasteiger partial charge in [0.2, 0.25) is 0 Å². The fourth-order valence-corrected chi connectivity index (χ4v) is 0.728. The van der Waals surface area contributed by atoms with Crippen molar-refractivity contribution in [3.63, 3.8) is 0 Å². The minimum Gasteiger partial charge on any atom is -0.462 e. The summed E-state index contributed by atoms with van der Waals surface area (Å²) in [5.74, 6) is -1.31. The van der Waals surface area contributed by atoms with Crippen molar-refractivity contribution in [1.29, 1.82) is 0 Å². The van der Waals surface area contributed by atoms with Gasteiger partial charge in [0, 0.05) is 0 Å². The van der Waals surface area contributed by atoms with Crippen LogP contribution in [0.1, 0.15) is 20.3 Å². The fraction of sp³-hybridized carbons (Fsp3) is 0.625. The highest BCUT2D eigenvalue weighted by atomic mass is 19.4. The Kier molecular flexibility index (Phi) is 4.51. The Hall–Kier alpha value is -1.00. The van der Waals surface area contributed by atoms with Crippen LogP contribution in [0.15, 0.2) is 11.6 Å². The fourth-order valence-electron chi connectivity index (χ4n) is 0.728. The molecule has 0 aliphatic heterocycles. The van der Waals surface area contributed by atoms with Crippen molar-refractivity contribution in [2.45, 2.75) is 26.4 Å². The van der Waals surface area contributed by atoms with Gasteiger partial charge >= 0.3 is 12.1 Å². The topological polar surface area (TPSA) is 26.3 Å². The van der Waals surface area contributed by atoms with Gasteiger partial charge in [-0.25, -0.2) is 4.79 Å². The van der Waals surface area contributed by atoms with Gasteiger partial charge in [-0.3, -0.25) is 0 Å². The van der Waals surface area contributed by atoms with Gasteiger partial charge in [-0.2, -0.15) is 13.2 Å². The molecule has 0 aromatic rings. The third kappa shape index (κ3) is 3.96. The third-order valence-corrected chi connectivity index (χ3v) is 1.21. The highest BCUT2D eigenvalue weighted by molar-refractivity contribution is 5.89. The molecule has 2 nitrogen and oxygen atoms in total. The summed E-state index contributed by atoms with van der Waals surface area (Å²) >= 11 is 0. The molecule has 0 radical (unpaired) electrons. The first kappa shape index (κ1) is 12.0. The van der Waals surface area contributed by atoms with Crippen LogP contribution in [0.4, 0.5) is 13.2 Å². The van der Waals surface area contributed by atoms with E-state index in [-0.39, 0.29) is 13.0 Å². The average molecular weight is 196 g/mol. The van der Waals surface area contributed by atoms with E-state index in [0.717, 1.165) is 6.08 Å². The number of alkyl halides is 3. The number of ether oxygens (including phenoxy) is 1. The van der Waals surface area contributed by atoms with Crippen molar-refractivity contribution < 1.29 is 22.7 Å². The van der Waals surface area contributed by atoms with Crippen LogP contribution in [0.25, 0.3) is 0 Å². The number of carbonyl (C=O) groups excluding carboxylic acids is 1. The molecule has 0 aliphatic rings.